The lowest BCUT2D eigenvalue weighted by molar-refractivity contribution is 0.226. The van der Waals surface area contributed by atoms with Crippen LogP contribution >= 0.6 is 0 Å². The molecular formula is C18H26O3SSi. The van der Waals surface area contributed by atoms with Gasteiger partial charge < -0.3 is 4.43 Å². The molecule has 3 nitrogen and oxygen atoms in total. The van der Waals surface area contributed by atoms with E-state index in [0.717, 1.165) is 6.42 Å². The maximum absolute atomic E-state index is 12.7. The van der Waals surface area contributed by atoms with E-state index in [1.165, 1.54) is 0 Å². The average molecular weight is 351 g/mol. The molecule has 0 amide bonds. The van der Waals surface area contributed by atoms with Crippen molar-refractivity contribution in [1.82, 2.24) is 0 Å². The molecule has 0 fully saturated rings. The summed E-state index contributed by atoms with van der Waals surface area (Å²) in [5, 5.41) is 0.0977. The van der Waals surface area contributed by atoms with Gasteiger partial charge in [0.2, 0.25) is 9.84 Å². The van der Waals surface area contributed by atoms with Crippen molar-refractivity contribution in [2.24, 2.45) is 0 Å². The van der Waals surface area contributed by atoms with Gasteiger partial charge in [0, 0.05) is 0 Å². The molecule has 0 unspecified atom stereocenters. The number of hydrogen-bond donors (Lipinski definition) is 0. The highest BCUT2D eigenvalue weighted by atomic mass is 32.2. The standard InChI is InChI=1S/C18H26O3SSi/c1-18(2,3)23(4,5)21-15-10-9-13-17(14-15)22(19,20)16-11-7-6-8-12-16/h6-9,11-15H,10H2,1-5H3/t15-/m0/s1. The first kappa shape index (κ1) is 18.2. The summed E-state index contributed by atoms with van der Waals surface area (Å²) in [5.74, 6) is 0. The van der Waals surface area contributed by atoms with Crippen LogP contribution in [0.25, 0.3) is 0 Å². The maximum Gasteiger partial charge on any atom is 0.206 e. The first-order chi connectivity index (χ1) is 10.5. The van der Waals surface area contributed by atoms with Crippen LogP contribution in [0.4, 0.5) is 0 Å². The van der Waals surface area contributed by atoms with Gasteiger partial charge in [0.25, 0.3) is 0 Å². The van der Waals surface area contributed by atoms with Gasteiger partial charge in [0.05, 0.1) is 15.9 Å². The highest BCUT2D eigenvalue weighted by Crippen LogP contribution is 2.38. The van der Waals surface area contributed by atoms with Crippen LogP contribution < -0.4 is 0 Å². The largest absolute Gasteiger partial charge is 0.410 e. The number of allylic oxidation sites excluding steroid dienone is 1. The highest BCUT2D eigenvalue weighted by molar-refractivity contribution is 7.95. The van der Waals surface area contributed by atoms with Crippen LogP contribution in [0.15, 0.2) is 58.4 Å². The Labute approximate surface area is 141 Å². The van der Waals surface area contributed by atoms with E-state index in [9.17, 15) is 8.42 Å². The van der Waals surface area contributed by atoms with E-state index < -0.39 is 18.2 Å². The molecule has 1 aliphatic rings. The van der Waals surface area contributed by atoms with Gasteiger partial charge in [0.1, 0.15) is 0 Å². The van der Waals surface area contributed by atoms with Gasteiger partial charge in [0.15, 0.2) is 8.32 Å². The summed E-state index contributed by atoms with van der Waals surface area (Å²) in [6.07, 6.45) is 5.90. The van der Waals surface area contributed by atoms with Crippen LogP contribution in [0.2, 0.25) is 18.1 Å². The van der Waals surface area contributed by atoms with Crippen LogP contribution in [0.1, 0.15) is 27.2 Å². The number of sulfone groups is 1. The fourth-order valence-electron chi connectivity index (χ4n) is 2.18. The predicted octanol–water partition coefficient (Wildman–Crippen LogP) is 4.69. The van der Waals surface area contributed by atoms with Crippen molar-refractivity contribution in [1.29, 1.82) is 0 Å². The fourth-order valence-corrected chi connectivity index (χ4v) is 4.85. The summed E-state index contributed by atoms with van der Waals surface area (Å²) in [6.45, 7) is 10.9. The van der Waals surface area contributed by atoms with Gasteiger partial charge in [-0.15, -0.1) is 0 Å². The van der Waals surface area contributed by atoms with E-state index in [1.54, 1.807) is 36.4 Å². The SMILES string of the molecule is CC(C)(C)[Si](C)(C)O[C@@H]1C=C(S(=O)(=O)c2ccccc2)C=CC1. The number of hydrogen-bond acceptors (Lipinski definition) is 3. The van der Waals surface area contributed by atoms with Crippen LogP contribution in [0.3, 0.4) is 0 Å². The molecule has 1 aliphatic carbocycles. The van der Waals surface area contributed by atoms with Gasteiger partial charge in [-0.1, -0.05) is 45.0 Å². The molecule has 0 bridgehead atoms. The Kier molecular flexibility index (Phi) is 5.04. The van der Waals surface area contributed by atoms with E-state index in [2.05, 4.69) is 33.9 Å². The first-order valence-electron chi connectivity index (χ1n) is 7.90. The fraction of sp³-hybridized carbons (Fsp3) is 0.444. The number of benzene rings is 1. The average Bonchev–Trinajstić information content (AvgIpc) is 2.47. The molecule has 126 valence electrons. The smallest absolute Gasteiger partial charge is 0.206 e. The van der Waals surface area contributed by atoms with Crippen LogP contribution in [0, 0.1) is 0 Å². The molecule has 1 aromatic rings. The molecule has 0 spiro atoms. The Morgan fingerprint density at radius 1 is 1.13 bits per heavy atom. The Hall–Kier alpha value is -1.17. The van der Waals surface area contributed by atoms with Gasteiger partial charge in [-0.2, -0.15) is 0 Å². The van der Waals surface area contributed by atoms with Crippen molar-refractivity contribution in [2.75, 3.05) is 0 Å². The van der Waals surface area contributed by atoms with E-state index in [0.29, 0.717) is 9.80 Å². The third-order valence-corrected chi connectivity index (χ3v) is 10.9. The zero-order valence-corrected chi connectivity index (χ0v) is 16.4. The predicted molar refractivity (Wildman–Crippen MR) is 97.5 cm³/mol. The van der Waals surface area contributed by atoms with Crippen molar-refractivity contribution in [2.45, 2.75) is 56.3 Å². The molecule has 23 heavy (non-hydrogen) atoms. The third-order valence-electron chi connectivity index (χ3n) is 4.62. The van der Waals surface area contributed by atoms with Crippen molar-refractivity contribution in [3.63, 3.8) is 0 Å². The first-order valence-corrected chi connectivity index (χ1v) is 12.3. The second-order valence-corrected chi connectivity index (χ2v) is 14.1. The summed E-state index contributed by atoms with van der Waals surface area (Å²) in [5.41, 5.74) is 0. The van der Waals surface area contributed by atoms with E-state index in [4.69, 9.17) is 4.43 Å². The minimum Gasteiger partial charge on any atom is -0.410 e. The zero-order valence-electron chi connectivity index (χ0n) is 14.5. The number of rotatable bonds is 4. The van der Waals surface area contributed by atoms with Gasteiger partial charge in [-0.05, 0) is 48.8 Å². The van der Waals surface area contributed by atoms with Crippen molar-refractivity contribution >= 4 is 18.2 Å². The molecular weight excluding hydrogens is 324 g/mol. The van der Waals surface area contributed by atoms with Crippen molar-refractivity contribution in [3.05, 3.63) is 53.5 Å². The molecule has 0 radical (unpaired) electrons. The Morgan fingerprint density at radius 3 is 2.30 bits per heavy atom. The van der Waals surface area contributed by atoms with E-state index >= 15 is 0 Å². The maximum atomic E-state index is 12.7. The minimum absolute atomic E-state index is 0.0977. The normalized spacial score (nSPS) is 19.5. The molecule has 2 rings (SSSR count). The Morgan fingerprint density at radius 2 is 1.74 bits per heavy atom. The summed E-state index contributed by atoms with van der Waals surface area (Å²) in [4.78, 5) is 0.655. The zero-order chi connectivity index (χ0) is 17.3. The van der Waals surface area contributed by atoms with E-state index in [-0.39, 0.29) is 11.1 Å². The van der Waals surface area contributed by atoms with Crippen LogP contribution in [-0.2, 0) is 14.3 Å². The quantitative estimate of drug-likeness (QED) is 0.740. The molecule has 0 aliphatic heterocycles. The van der Waals surface area contributed by atoms with Gasteiger partial charge >= 0.3 is 0 Å². The molecule has 0 saturated carbocycles. The van der Waals surface area contributed by atoms with Crippen LogP contribution in [0.5, 0.6) is 0 Å². The third kappa shape index (κ3) is 4.02. The minimum atomic E-state index is -3.48. The van der Waals surface area contributed by atoms with Gasteiger partial charge in [-0.3, -0.25) is 0 Å². The summed E-state index contributed by atoms with van der Waals surface area (Å²) < 4.78 is 31.8. The molecule has 0 N–H and O–H groups in total. The second-order valence-electron chi connectivity index (χ2n) is 7.44. The highest BCUT2D eigenvalue weighted by Gasteiger charge is 2.39. The summed E-state index contributed by atoms with van der Waals surface area (Å²) in [6, 6.07) is 8.55. The monoisotopic (exact) mass is 350 g/mol. The molecule has 1 atom stereocenters. The molecule has 1 aromatic carbocycles. The van der Waals surface area contributed by atoms with Crippen molar-refractivity contribution in [3.8, 4) is 0 Å². The van der Waals surface area contributed by atoms with Crippen LogP contribution in [-0.4, -0.2) is 22.8 Å². The van der Waals surface area contributed by atoms with E-state index in [1.807, 2.05) is 12.1 Å². The Balaban J connectivity index is 2.28. The molecule has 5 heteroatoms. The molecule has 0 aromatic heterocycles. The second kappa shape index (κ2) is 6.38. The molecule has 0 heterocycles. The lowest BCUT2D eigenvalue weighted by atomic mass is 10.1. The lowest BCUT2D eigenvalue weighted by Crippen LogP contribution is -2.43. The Bertz CT molecular complexity index is 710. The van der Waals surface area contributed by atoms with Crippen molar-refractivity contribution < 1.29 is 12.8 Å². The summed E-state index contributed by atoms with van der Waals surface area (Å²) >= 11 is 0. The molecule has 0 saturated heterocycles. The van der Waals surface area contributed by atoms with Gasteiger partial charge in [-0.25, -0.2) is 8.42 Å². The topological polar surface area (TPSA) is 43.4 Å². The summed E-state index contributed by atoms with van der Waals surface area (Å²) in [7, 11) is -5.41. The lowest BCUT2D eigenvalue weighted by Gasteiger charge is -2.39.